The van der Waals surface area contributed by atoms with Gasteiger partial charge in [0.05, 0.1) is 6.61 Å². The highest BCUT2D eigenvalue weighted by Gasteiger charge is 2.41. The van der Waals surface area contributed by atoms with E-state index in [2.05, 4.69) is 11.1 Å². The van der Waals surface area contributed by atoms with Crippen molar-refractivity contribution in [2.24, 2.45) is 5.92 Å². The third-order valence-electron chi connectivity index (χ3n) is 4.63. The van der Waals surface area contributed by atoms with E-state index in [0.29, 0.717) is 18.4 Å². The molecular weight excluding hydrogens is 252 g/mol. The third kappa shape index (κ3) is 2.51. The number of fused-ring (bicyclic) bond motifs is 4. The highest BCUT2D eigenvalue weighted by molar-refractivity contribution is 5.68. The summed E-state index contributed by atoms with van der Waals surface area (Å²) in [5.74, 6) is 1.01. The Morgan fingerprint density at radius 3 is 3.15 bits per heavy atom. The molecule has 2 bridgehead atoms. The highest BCUT2D eigenvalue weighted by atomic mass is 16.6. The Labute approximate surface area is 120 Å². The van der Waals surface area contributed by atoms with Gasteiger partial charge in [0.25, 0.3) is 0 Å². The fourth-order valence-electron chi connectivity index (χ4n) is 3.77. The Bertz CT molecular complexity index is 463. The van der Waals surface area contributed by atoms with Crippen LogP contribution in [0.25, 0.3) is 0 Å². The quantitative estimate of drug-likeness (QED) is 0.831. The molecule has 108 valence electrons. The summed E-state index contributed by atoms with van der Waals surface area (Å²) in [7, 11) is 0. The minimum absolute atomic E-state index is 0.141. The van der Waals surface area contributed by atoms with Gasteiger partial charge in [-0.1, -0.05) is 12.5 Å². The molecule has 1 aromatic rings. The van der Waals surface area contributed by atoms with Gasteiger partial charge in [-0.15, -0.1) is 0 Å². The summed E-state index contributed by atoms with van der Waals surface area (Å²) in [5.41, 5.74) is 1.26. The van der Waals surface area contributed by atoms with E-state index in [1.807, 2.05) is 30.3 Å². The number of ether oxygens (including phenoxy) is 1. The lowest BCUT2D eigenvalue weighted by molar-refractivity contribution is 0.0600. The van der Waals surface area contributed by atoms with Crippen LogP contribution in [0.5, 0.6) is 0 Å². The number of amides is 1. The molecule has 1 amide bonds. The van der Waals surface area contributed by atoms with E-state index in [0.717, 1.165) is 13.0 Å². The molecule has 2 saturated heterocycles. The van der Waals surface area contributed by atoms with Crippen molar-refractivity contribution in [3.63, 3.8) is 0 Å². The molecule has 20 heavy (non-hydrogen) atoms. The van der Waals surface area contributed by atoms with Gasteiger partial charge in [-0.2, -0.15) is 0 Å². The zero-order valence-electron chi connectivity index (χ0n) is 12.0. The van der Waals surface area contributed by atoms with Crippen molar-refractivity contribution in [3.05, 3.63) is 30.1 Å². The lowest BCUT2D eigenvalue weighted by Crippen LogP contribution is -2.49. The zero-order valence-corrected chi connectivity index (χ0v) is 12.0. The van der Waals surface area contributed by atoms with Crippen molar-refractivity contribution in [2.75, 3.05) is 13.2 Å². The van der Waals surface area contributed by atoms with Crippen molar-refractivity contribution in [1.82, 2.24) is 9.88 Å². The van der Waals surface area contributed by atoms with Gasteiger partial charge in [0.2, 0.25) is 0 Å². The van der Waals surface area contributed by atoms with Crippen molar-refractivity contribution < 1.29 is 9.53 Å². The minimum Gasteiger partial charge on any atom is -0.450 e. The Morgan fingerprint density at radius 1 is 1.50 bits per heavy atom. The standard InChI is InChI=1S/C16H22N2O2/c1-2-20-16(19)18-11-12-5-3-7-15(18)14(9-12)13-6-4-8-17-10-13/h4,6,8,10,12,14-15H,2-3,5,7,9,11H2,1H3. The summed E-state index contributed by atoms with van der Waals surface area (Å²) in [6.45, 7) is 3.18. The summed E-state index contributed by atoms with van der Waals surface area (Å²) >= 11 is 0. The number of carbonyl (C=O) groups is 1. The molecule has 3 heterocycles. The van der Waals surface area contributed by atoms with Crippen LogP contribution in [0.1, 0.15) is 44.1 Å². The van der Waals surface area contributed by atoms with Crippen LogP contribution in [-0.4, -0.2) is 35.2 Å². The molecule has 0 aromatic carbocycles. The van der Waals surface area contributed by atoms with Crippen molar-refractivity contribution >= 4 is 6.09 Å². The Balaban J connectivity index is 1.87. The van der Waals surface area contributed by atoms with Crippen LogP contribution in [0, 0.1) is 5.92 Å². The van der Waals surface area contributed by atoms with Crippen LogP contribution in [0.15, 0.2) is 24.5 Å². The highest BCUT2D eigenvalue weighted by Crippen LogP contribution is 2.42. The Hall–Kier alpha value is -1.58. The second kappa shape index (κ2) is 5.81. The maximum Gasteiger partial charge on any atom is 0.410 e. The molecule has 3 aliphatic rings. The maximum atomic E-state index is 12.2. The van der Waals surface area contributed by atoms with Crippen LogP contribution < -0.4 is 0 Å². The van der Waals surface area contributed by atoms with Crippen LogP contribution >= 0.6 is 0 Å². The molecule has 1 aromatic heterocycles. The van der Waals surface area contributed by atoms with E-state index in [1.165, 1.54) is 24.8 Å². The van der Waals surface area contributed by atoms with E-state index in [-0.39, 0.29) is 12.1 Å². The molecule has 3 unspecified atom stereocenters. The normalized spacial score (nSPS) is 29.1. The molecule has 0 spiro atoms. The number of piperidine rings is 1. The molecular formula is C16H22N2O2. The van der Waals surface area contributed by atoms with Crippen LogP contribution in [0.3, 0.4) is 0 Å². The number of pyridine rings is 1. The summed E-state index contributed by atoms with van der Waals surface area (Å²) in [5, 5.41) is 0. The van der Waals surface area contributed by atoms with Gasteiger partial charge >= 0.3 is 6.09 Å². The van der Waals surface area contributed by atoms with Gasteiger partial charge in [-0.25, -0.2) is 4.79 Å². The first-order valence-corrected chi connectivity index (χ1v) is 7.63. The number of carbonyl (C=O) groups excluding carboxylic acids is 1. The average molecular weight is 274 g/mol. The van der Waals surface area contributed by atoms with Crippen LogP contribution in [0.2, 0.25) is 0 Å². The van der Waals surface area contributed by atoms with E-state index in [9.17, 15) is 4.79 Å². The van der Waals surface area contributed by atoms with Gasteiger partial charge in [-0.05, 0) is 43.7 Å². The van der Waals surface area contributed by atoms with Crippen LogP contribution in [0.4, 0.5) is 4.79 Å². The molecule has 1 saturated carbocycles. The SMILES string of the molecule is CCOC(=O)N1CC2CCCC1C(c1cccnc1)C2. The van der Waals surface area contributed by atoms with Crippen molar-refractivity contribution in [3.8, 4) is 0 Å². The van der Waals surface area contributed by atoms with Crippen molar-refractivity contribution in [2.45, 2.75) is 44.6 Å². The molecule has 0 radical (unpaired) electrons. The monoisotopic (exact) mass is 274 g/mol. The first-order chi connectivity index (χ1) is 9.79. The van der Waals surface area contributed by atoms with Gasteiger partial charge < -0.3 is 9.64 Å². The number of hydrogen-bond acceptors (Lipinski definition) is 3. The smallest absolute Gasteiger partial charge is 0.410 e. The van der Waals surface area contributed by atoms with E-state index < -0.39 is 0 Å². The lowest BCUT2D eigenvalue weighted by atomic mass is 9.81. The van der Waals surface area contributed by atoms with E-state index >= 15 is 0 Å². The predicted octanol–water partition coefficient (Wildman–Crippen LogP) is 3.20. The zero-order chi connectivity index (χ0) is 13.9. The van der Waals surface area contributed by atoms with Gasteiger partial charge in [-0.3, -0.25) is 4.98 Å². The first kappa shape index (κ1) is 13.4. The predicted molar refractivity (Wildman–Crippen MR) is 76.5 cm³/mol. The Kier molecular flexibility index (Phi) is 3.90. The minimum atomic E-state index is -0.141. The number of aromatic nitrogens is 1. The molecule has 1 aliphatic carbocycles. The molecule has 3 atom stereocenters. The topological polar surface area (TPSA) is 42.4 Å². The largest absolute Gasteiger partial charge is 0.450 e. The van der Waals surface area contributed by atoms with Gasteiger partial charge in [0.15, 0.2) is 0 Å². The van der Waals surface area contributed by atoms with Gasteiger partial charge in [0.1, 0.15) is 0 Å². The molecule has 0 N–H and O–H groups in total. The molecule has 4 heteroatoms. The van der Waals surface area contributed by atoms with Crippen LogP contribution in [-0.2, 0) is 4.74 Å². The molecule has 4 rings (SSSR count). The summed E-state index contributed by atoms with van der Waals surface area (Å²) < 4.78 is 5.25. The van der Waals surface area contributed by atoms with E-state index in [1.54, 1.807) is 0 Å². The fourth-order valence-corrected chi connectivity index (χ4v) is 3.77. The van der Waals surface area contributed by atoms with E-state index in [4.69, 9.17) is 4.74 Å². The number of nitrogens with zero attached hydrogens (tertiary/aromatic N) is 2. The maximum absolute atomic E-state index is 12.2. The Morgan fingerprint density at radius 2 is 2.40 bits per heavy atom. The molecule has 2 aliphatic heterocycles. The fraction of sp³-hybridized carbons (Fsp3) is 0.625. The first-order valence-electron chi connectivity index (χ1n) is 7.63. The summed E-state index contributed by atoms with van der Waals surface area (Å²) in [6, 6.07) is 4.40. The lowest BCUT2D eigenvalue weighted by Gasteiger charge is -2.41. The second-order valence-corrected chi connectivity index (χ2v) is 5.84. The third-order valence-corrected chi connectivity index (χ3v) is 4.63. The van der Waals surface area contributed by atoms with Crippen molar-refractivity contribution in [1.29, 1.82) is 0 Å². The summed E-state index contributed by atoms with van der Waals surface area (Å²) in [6.07, 6.45) is 8.31. The van der Waals surface area contributed by atoms with Gasteiger partial charge in [0, 0.05) is 30.9 Å². The second-order valence-electron chi connectivity index (χ2n) is 5.84. The summed E-state index contributed by atoms with van der Waals surface area (Å²) in [4.78, 5) is 18.4. The molecule has 3 fully saturated rings. The average Bonchev–Trinajstić information content (AvgIpc) is 2.81. The number of hydrogen-bond donors (Lipinski definition) is 0. The molecule has 4 nitrogen and oxygen atoms in total. The number of rotatable bonds is 2.